The summed E-state index contributed by atoms with van der Waals surface area (Å²) in [6.45, 7) is 4.20. The molecular formula is C51H39NO. The number of benzene rings is 7. The van der Waals surface area contributed by atoms with Crippen molar-refractivity contribution >= 4 is 27.4 Å². The van der Waals surface area contributed by atoms with E-state index in [0.717, 1.165) is 35.5 Å². The molecule has 7 aromatic carbocycles. The van der Waals surface area contributed by atoms with Crippen LogP contribution in [0.25, 0.3) is 66.4 Å². The van der Waals surface area contributed by atoms with Gasteiger partial charge < -0.3 is 9.30 Å². The molecule has 1 aliphatic heterocycles. The second-order valence-corrected chi connectivity index (χ2v) is 14.4. The van der Waals surface area contributed by atoms with Crippen molar-refractivity contribution in [3.8, 4) is 44.8 Å². The van der Waals surface area contributed by atoms with Gasteiger partial charge in [-0.2, -0.15) is 0 Å². The first-order valence-corrected chi connectivity index (χ1v) is 18.7. The molecule has 254 valence electrons. The average Bonchev–Trinajstić information content (AvgIpc) is 3.38. The van der Waals surface area contributed by atoms with Crippen molar-refractivity contribution in [1.29, 1.82) is 0 Å². The Balaban J connectivity index is 1.11. The minimum absolute atomic E-state index is 0.238. The van der Waals surface area contributed by atoms with E-state index in [-0.39, 0.29) is 5.92 Å². The van der Waals surface area contributed by atoms with Gasteiger partial charge in [-0.15, -0.1) is 0 Å². The van der Waals surface area contributed by atoms with Gasteiger partial charge in [-0.1, -0.05) is 115 Å². The normalized spacial score (nSPS) is 15.0. The highest BCUT2D eigenvalue weighted by Crippen LogP contribution is 2.47. The molecular weight excluding hydrogens is 643 g/mol. The van der Waals surface area contributed by atoms with Crippen LogP contribution in [-0.2, 0) is 6.42 Å². The van der Waals surface area contributed by atoms with Crippen molar-refractivity contribution in [3.63, 3.8) is 0 Å². The first-order valence-electron chi connectivity index (χ1n) is 18.7. The Kier molecular flexibility index (Phi) is 7.51. The van der Waals surface area contributed by atoms with E-state index in [1.165, 1.54) is 77.6 Å². The highest BCUT2D eigenvalue weighted by Gasteiger charge is 2.27. The number of para-hydroxylation sites is 2. The first-order chi connectivity index (χ1) is 26.2. The maximum absolute atomic E-state index is 6.62. The predicted molar refractivity (Wildman–Crippen MR) is 222 cm³/mol. The van der Waals surface area contributed by atoms with E-state index in [9.17, 15) is 0 Å². The molecule has 8 aromatic rings. The molecule has 0 saturated carbocycles. The van der Waals surface area contributed by atoms with Gasteiger partial charge in [0.1, 0.15) is 11.5 Å². The Hall–Kier alpha value is -6.38. The minimum atomic E-state index is 0.238. The van der Waals surface area contributed by atoms with Gasteiger partial charge in [0.25, 0.3) is 0 Å². The zero-order chi connectivity index (χ0) is 35.5. The smallest absolute Gasteiger partial charge is 0.135 e. The molecule has 0 bridgehead atoms. The molecule has 2 nitrogen and oxygen atoms in total. The van der Waals surface area contributed by atoms with Gasteiger partial charge >= 0.3 is 0 Å². The molecule has 1 atom stereocenters. The molecule has 1 aliphatic carbocycles. The summed E-state index contributed by atoms with van der Waals surface area (Å²) in [6, 6.07) is 58.2. The molecule has 1 unspecified atom stereocenters. The van der Waals surface area contributed by atoms with E-state index < -0.39 is 0 Å². The maximum atomic E-state index is 6.62. The Morgan fingerprint density at radius 2 is 1.30 bits per heavy atom. The standard InChI is InChI=1S/C51H39NO/c1-3-13-50-33(2)39-17-9-10-19-42(39)47-32-37(25-29-51(47)53-50)41-26-22-34-14-7-8-18-40(34)45-30-35(23-27-43(41)45)36-24-28-49-46(31-36)44-20-11-12-21-48(44)52(49)38-15-5-4-6-16-38/h3-21,23-25,27-32,41H,22,26H2,1-2H3. The highest BCUT2D eigenvalue weighted by atomic mass is 16.5. The summed E-state index contributed by atoms with van der Waals surface area (Å²) in [5.74, 6) is 2.04. The highest BCUT2D eigenvalue weighted by molar-refractivity contribution is 6.10. The monoisotopic (exact) mass is 681 g/mol. The lowest BCUT2D eigenvalue weighted by Crippen LogP contribution is -2.03. The lowest BCUT2D eigenvalue weighted by Gasteiger charge is -2.21. The Bertz CT molecular complexity index is 2780. The van der Waals surface area contributed by atoms with Crippen LogP contribution in [0.4, 0.5) is 0 Å². The molecule has 53 heavy (non-hydrogen) atoms. The van der Waals surface area contributed by atoms with Gasteiger partial charge in [0, 0.05) is 27.9 Å². The summed E-state index contributed by atoms with van der Waals surface area (Å²) in [5.41, 5.74) is 17.6. The van der Waals surface area contributed by atoms with Crippen LogP contribution in [0.1, 0.15) is 48.4 Å². The van der Waals surface area contributed by atoms with E-state index in [1.807, 2.05) is 6.92 Å². The van der Waals surface area contributed by atoms with E-state index in [0.29, 0.717) is 0 Å². The topological polar surface area (TPSA) is 14.2 Å². The Labute approximate surface area is 311 Å². The summed E-state index contributed by atoms with van der Waals surface area (Å²) < 4.78 is 9.00. The van der Waals surface area contributed by atoms with Crippen LogP contribution >= 0.6 is 0 Å². The number of rotatable bonds is 4. The molecule has 0 N–H and O–H groups in total. The molecule has 0 fully saturated rings. The van der Waals surface area contributed by atoms with Gasteiger partial charge in [0.05, 0.1) is 11.0 Å². The number of fused-ring (bicyclic) bond motifs is 9. The third kappa shape index (κ3) is 5.17. The zero-order valence-electron chi connectivity index (χ0n) is 30.0. The van der Waals surface area contributed by atoms with E-state index in [4.69, 9.17) is 4.74 Å². The summed E-state index contributed by atoms with van der Waals surface area (Å²) >= 11 is 0. The predicted octanol–water partition coefficient (Wildman–Crippen LogP) is 13.6. The molecule has 0 spiro atoms. The molecule has 0 amide bonds. The van der Waals surface area contributed by atoms with E-state index in [2.05, 4.69) is 181 Å². The van der Waals surface area contributed by atoms with Crippen molar-refractivity contribution in [2.24, 2.45) is 0 Å². The molecule has 0 radical (unpaired) electrons. The fraction of sp³-hybridized carbons (Fsp3) is 0.0980. The number of aromatic nitrogens is 1. The van der Waals surface area contributed by atoms with E-state index >= 15 is 0 Å². The fourth-order valence-corrected chi connectivity index (χ4v) is 8.83. The van der Waals surface area contributed by atoms with Crippen LogP contribution in [0.2, 0.25) is 0 Å². The SMILES string of the molecule is CC=CC1=C(C)c2ccccc2-c2cc(C3CCc4ccccc4-c4cc(-c5ccc6c(c5)c5ccccc5n6-c5ccccc5)ccc43)ccc2O1. The van der Waals surface area contributed by atoms with Crippen LogP contribution in [0.5, 0.6) is 5.75 Å². The van der Waals surface area contributed by atoms with Gasteiger partial charge in [-0.3, -0.25) is 0 Å². The Morgan fingerprint density at radius 1 is 0.585 bits per heavy atom. The van der Waals surface area contributed by atoms with Crippen molar-refractivity contribution in [2.75, 3.05) is 0 Å². The largest absolute Gasteiger partial charge is 0.456 e. The van der Waals surface area contributed by atoms with Gasteiger partial charge in [-0.05, 0) is 137 Å². The van der Waals surface area contributed by atoms with Crippen LogP contribution in [0.15, 0.2) is 176 Å². The number of aryl methyl sites for hydroxylation is 1. The second-order valence-electron chi connectivity index (χ2n) is 14.4. The van der Waals surface area contributed by atoms with E-state index in [1.54, 1.807) is 0 Å². The fourth-order valence-electron chi connectivity index (χ4n) is 8.83. The molecule has 2 heteroatoms. The van der Waals surface area contributed by atoms with Gasteiger partial charge in [0.15, 0.2) is 0 Å². The summed E-state index contributed by atoms with van der Waals surface area (Å²) in [6.07, 6.45) is 6.18. The number of hydrogen-bond acceptors (Lipinski definition) is 1. The van der Waals surface area contributed by atoms with Crippen LogP contribution < -0.4 is 4.74 Å². The minimum Gasteiger partial charge on any atom is -0.456 e. The molecule has 10 rings (SSSR count). The van der Waals surface area contributed by atoms with Crippen molar-refractivity contribution < 1.29 is 4.74 Å². The van der Waals surface area contributed by atoms with Crippen molar-refractivity contribution in [3.05, 3.63) is 198 Å². The van der Waals surface area contributed by atoms with Crippen LogP contribution in [0, 0.1) is 0 Å². The molecule has 1 aromatic heterocycles. The Morgan fingerprint density at radius 3 is 2.17 bits per heavy atom. The number of ether oxygens (including phenoxy) is 1. The maximum Gasteiger partial charge on any atom is 0.135 e. The average molecular weight is 682 g/mol. The molecule has 0 saturated heterocycles. The number of nitrogens with zero attached hydrogens (tertiary/aromatic N) is 1. The van der Waals surface area contributed by atoms with Crippen molar-refractivity contribution in [1.82, 2.24) is 4.57 Å². The quantitative estimate of drug-likeness (QED) is 0.180. The second kappa shape index (κ2) is 12.7. The summed E-state index contributed by atoms with van der Waals surface area (Å²) in [4.78, 5) is 0. The third-order valence-corrected chi connectivity index (χ3v) is 11.4. The molecule has 2 aliphatic rings. The van der Waals surface area contributed by atoms with Gasteiger partial charge in [0.2, 0.25) is 0 Å². The zero-order valence-corrected chi connectivity index (χ0v) is 30.0. The molecule has 2 heterocycles. The lowest BCUT2D eigenvalue weighted by atomic mass is 9.83. The van der Waals surface area contributed by atoms with Crippen molar-refractivity contribution in [2.45, 2.75) is 32.6 Å². The number of hydrogen-bond donors (Lipinski definition) is 0. The lowest BCUT2D eigenvalue weighted by molar-refractivity contribution is 0.449. The van der Waals surface area contributed by atoms with Crippen LogP contribution in [0.3, 0.4) is 0 Å². The number of allylic oxidation sites excluding steroid dienone is 3. The first kappa shape index (κ1) is 31.4. The van der Waals surface area contributed by atoms with Crippen LogP contribution in [-0.4, -0.2) is 4.57 Å². The summed E-state index contributed by atoms with van der Waals surface area (Å²) in [5, 5.41) is 2.54. The van der Waals surface area contributed by atoms with Gasteiger partial charge in [-0.25, -0.2) is 0 Å². The summed E-state index contributed by atoms with van der Waals surface area (Å²) in [7, 11) is 0. The third-order valence-electron chi connectivity index (χ3n) is 11.4.